The Labute approximate surface area is 228 Å². The lowest BCUT2D eigenvalue weighted by atomic mass is 9.96. The van der Waals surface area contributed by atoms with Gasteiger partial charge in [-0.05, 0) is 92.6 Å². The minimum absolute atomic E-state index is 0.00450. The molecule has 0 saturated carbocycles. The molecule has 2 N–H and O–H groups in total. The van der Waals surface area contributed by atoms with Crippen LogP contribution in [0, 0.1) is 26.7 Å². The third-order valence-electron chi connectivity index (χ3n) is 7.06. The molecule has 1 aromatic carbocycles. The van der Waals surface area contributed by atoms with Crippen molar-refractivity contribution in [1.29, 1.82) is 0 Å². The van der Waals surface area contributed by atoms with Crippen molar-refractivity contribution >= 4 is 34.6 Å². The Bertz CT molecular complexity index is 1480. The second-order valence-electron chi connectivity index (χ2n) is 10.0. The standard InChI is InChI=1S/C30H32N6OS/c1-18(2)29(37)33-25-12-11-22(15-19(25)3)36-28(27(34-30(36)38)26-10-6-7-14-32-26)24-16-20(4)35(21(24)5)23-9-8-13-31-17-23/h6-18,27-28H,1-5H3,(H,33,37)(H,34,38). The summed E-state index contributed by atoms with van der Waals surface area (Å²) in [5.41, 5.74) is 8.07. The first-order valence-electron chi connectivity index (χ1n) is 12.8. The van der Waals surface area contributed by atoms with E-state index in [0.717, 1.165) is 45.3 Å². The molecule has 0 bridgehead atoms. The number of benzene rings is 1. The van der Waals surface area contributed by atoms with E-state index in [0.29, 0.717) is 5.11 Å². The van der Waals surface area contributed by atoms with Crippen molar-refractivity contribution < 1.29 is 4.79 Å². The van der Waals surface area contributed by atoms with Crippen molar-refractivity contribution in [3.8, 4) is 5.69 Å². The third kappa shape index (κ3) is 4.67. The highest BCUT2D eigenvalue weighted by atomic mass is 32.1. The minimum Gasteiger partial charge on any atom is -0.351 e. The average Bonchev–Trinajstić information content (AvgIpc) is 3.41. The molecule has 194 valence electrons. The van der Waals surface area contributed by atoms with E-state index in [-0.39, 0.29) is 23.9 Å². The van der Waals surface area contributed by atoms with Crippen LogP contribution in [0.3, 0.4) is 0 Å². The number of nitrogens with one attached hydrogen (secondary N) is 2. The predicted molar refractivity (Wildman–Crippen MR) is 156 cm³/mol. The van der Waals surface area contributed by atoms with Crippen LogP contribution in [0.1, 0.15) is 54.1 Å². The first-order valence-corrected chi connectivity index (χ1v) is 13.2. The fourth-order valence-electron chi connectivity index (χ4n) is 5.13. The lowest BCUT2D eigenvalue weighted by Crippen LogP contribution is -2.29. The molecule has 1 fully saturated rings. The Morgan fingerprint density at radius 2 is 1.84 bits per heavy atom. The number of rotatable bonds is 6. The lowest BCUT2D eigenvalue weighted by Gasteiger charge is -2.29. The fourth-order valence-corrected chi connectivity index (χ4v) is 5.48. The molecule has 1 aliphatic heterocycles. The monoisotopic (exact) mass is 524 g/mol. The minimum atomic E-state index is -0.146. The van der Waals surface area contributed by atoms with E-state index >= 15 is 0 Å². The van der Waals surface area contributed by atoms with Crippen LogP contribution in [-0.2, 0) is 4.79 Å². The van der Waals surface area contributed by atoms with Crippen LogP contribution in [0.4, 0.5) is 11.4 Å². The van der Waals surface area contributed by atoms with Crippen molar-refractivity contribution in [1.82, 2.24) is 19.9 Å². The number of nitrogens with zero attached hydrogens (tertiary/aromatic N) is 4. The zero-order valence-electron chi connectivity index (χ0n) is 22.3. The SMILES string of the molecule is Cc1cc(N2C(=S)NC(c3ccccn3)C2c2cc(C)n(-c3cccnc3)c2C)ccc1NC(=O)C(C)C. The number of aryl methyl sites for hydroxylation is 2. The van der Waals surface area contributed by atoms with Crippen LogP contribution in [0.15, 0.2) is 73.2 Å². The Kier molecular flexibility index (Phi) is 6.99. The highest BCUT2D eigenvalue weighted by Gasteiger charge is 2.42. The Morgan fingerprint density at radius 1 is 1.03 bits per heavy atom. The van der Waals surface area contributed by atoms with Crippen molar-refractivity contribution in [2.45, 2.75) is 46.7 Å². The third-order valence-corrected chi connectivity index (χ3v) is 7.38. The zero-order chi connectivity index (χ0) is 27.0. The smallest absolute Gasteiger partial charge is 0.226 e. The molecular formula is C30H32N6OS. The van der Waals surface area contributed by atoms with Gasteiger partial charge >= 0.3 is 0 Å². The number of anilines is 2. The average molecular weight is 525 g/mol. The van der Waals surface area contributed by atoms with Gasteiger partial charge in [0.25, 0.3) is 0 Å². The Morgan fingerprint density at radius 3 is 2.50 bits per heavy atom. The van der Waals surface area contributed by atoms with Gasteiger partial charge in [0.1, 0.15) is 0 Å². The van der Waals surface area contributed by atoms with E-state index in [1.165, 1.54) is 0 Å². The molecule has 5 rings (SSSR count). The van der Waals surface area contributed by atoms with E-state index in [4.69, 9.17) is 12.2 Å². The molecule has 38 heavy (non-hydrogen) atoms. The number of carbonyl (C=O) groups excluding carboxylic acids is 1. The maximum absolute atomic E-state index is 12.3. The Hall–Kier alpha value is -4.04. The number of amides is 1. The number of carbonyl (C=O) groups is 1. The maximum Gasteiger partial charge on any atom is 0.226 e. The van der Waals surface area contributed by atoms with Crippen LogP contribution in [0.2, 0.25) is 0 Å². The quantitative estimate of drug-likeness (QED) is 0.303. The van der Waals surface area contributed by atoms with Gasteiger partial charge in [-0.25, -0.2) is 0 Å². The summed E-state index contributed by atoms with van der Waals surface area (Å²) in [4.78, 5) is 23.5. The second kappa shape index (κ2) is 10.4. The van der Waals surface area contributed by atoms with Gasteiger partial charge in [0, 0.05) is 41.1 Å². The number of thiocarbonyl (C=S) groups is 1. The van der Waals surface area contributed by atoms with E-state index in [2.05, 4.69) is 62.1 Å². The fraction of sp³-hybridized carbons (Fsp3) is 0.267. The molecule has 8 heteroatoms. The molecule has 1 amide bonds. The van der Waals surface area contributed by atoms with Gasteiger partial charge in [-0.3, -0.25) is 14.8 Å². The maximum atomic E-state index is 12.3. The summed E-state index contributed by atoms with van der Waals surface area (Å²) in [5, 5.41) is 7.21. The van der Waals surface area contributed by atoms with Gasteiger partial charge in [0.2, 0.25) is 5.91 Å². The normalized spacial score (nSPS) is 17.1. The summed E-state index contributed by atoms with van der Waals surface area (Å²) in [7, 11) is 0. The van der Waals surface area contributed by atoms with Gasteiger partial charge in [-0.2, -0.15) is 0 Å². The van der Waals surface area contributed by atoms with Crippen LogP contribution in [0.5, 0.6) is 0 Å². The Balaban J connectivity index is 1.61. The van der Waals surface area contributed by atoms with E-state index in [1.807, 2.05) is 69.6 Å². The number of hydrogen-bond acceptors (Lipinski definition) is 4. The molecule has 2 atom stereocenters. The number of pyridine rings is 2. The zero-order valence-corrected chi connectivity index (χ0v) is 23.1. The molecule has 1 saturated heterocycles. The molecule has 1 aliphatic rings. The molecule has 0 aliphatic carbocycles. The van der Waals surface area contributed by atoms with Crippen molar-refractivity contribution in [3.63, 3.8) is 0 Å². The molecule has 0 spiro atoms. The first kappa shape index (κ1) is 25.6. The largest absolute Gasteiger partial charge is 0.351 e. The van der Waals surface area contributed by atoms with E-state index in [9.17, 15) is 4.79 Å². The molecule has 4 aromatic rings. The van der Waals surface area contributed by atoms with Crippen molar-refractivity contribution in [3.05, 3.63) is 101 Å². The lowest BCUT2D eigenvalue weighted by molar-refractivity contribution is -0.118. The molecule has 0 radical (unpaired) electrons. The summed E-state index contributed by atoms with van der Waals surface area (Å²) >= 11 is 5.93. The van der Waals surface area contributed by atoms with Crippen LogP contribution in [-0.4, -0.2) is 25.6 Å². The van der Waals surface area contributed by atoms with Gasteiger partial charge in [-0.15, -0.1) is 0 Å². The molecule has 2 unspecified atom stereocenters. The van der Waals surface area contributed by atoms with Gasteiger partial charge < -0.3 is 20.1 Å². The summed E-state index contributed by atoms with van der Waals surface area (Å²) in [6, 6.07) is 18.0. The van der Waals surface area contributed by atoms with E-state index < -0.39 is 0 Å². The topological polar surface area (TPSA) is 75.1 Å². The molecule has 7 nitrogen and oxygen atoms in total. The summed E-state index contributed by atoms with van der Waals surface area (Å²) in [6.07, 6.45) is 5.48. The van der Waals surface area contributed by atoms with Crippen LogP contribution < -0.4 is 15.5 Å². The molecular weight excluding hydrogens is 492 g/mol. The van der Waals surface area contributed by atoms with Gasteiger partial charge in [0.15, 0.2) is 5.11 Å². The first-order chi connectivity index (χ1) is 18.3. The van der Waals surface area contributed by atoms with E-state index in [1.54, 1.807) is 6.20 Å². The highest BCUT2D eigenvalue weighted by molar-refractivity contribution is 7.80. The molecule has 4 heterocycles. The van der Waals surface area contributed by atoms with Gasteiger partial charge in [0.05, 0.1) is 29.7 Å². The van der Waals surface area contributed by atoms with Crippen molar-refractivity contribution in [2.75, 3.05) is 10.2 Å². The second-order valence-corrected chi connectivity index (χ2v) is 10.4. The molecule has 3 aromatic heterocycles. The summed E-state index contributed by atoms with van der Waals surface area (Å²) in [6.45, 7) is 10.0. The van der Waals surface area contributed by atoms with Gasteiger partial charge in [-0.1, -0.05) is 19.9 Å². The summed E-state index contributed by atoms with van der Waals surface area (Å²) in [5.74, 6) is -0.0989. The highest BCUT2D eigenvalue weighted by Crippen LogP contribution is 2.44. The number of hydrogen-bond donors (Lipinski definition) is 2. The van der Waals surface area contributed by atoms with Crippen LogP contribution in [0.25, 0.3) is 5.69 Å². The summed E-state index contributed by atoms with van der Waals surface area (Å²) < 4.78 is 2.23. The van der Waals surface area contributed by atoms with Crippen molar-refractivity contribution in [2.24, 2.45) is 5.92 Å². The van der Waals surface area contributed by atoms with Crippen LogP contribution >= 0.6 is 12.2 Å². The predicted octanol–water partition coefficient (Wildman–Crippen LogP) is 5.96. The number of aromatic nitrogens is 3.